The van der Waals surface area contributed by atoms with Crippen molar-refractivity contribution in [2.45, 2.75) is 32.4 Å². The maximum atomic E-state index is 12.6. The standard InChI is InChI=1S/C26H29NO4/c1-19-10-12-21(13-11-19)26(20-7-4-3-5-8-20)27-25(29)9-6-16-31-23-15-14-22(18-28)24(17-23)30-2/h3-5,7-8,10-15,17,26,28H,6,9,16,18H2,1-2H3,(H,27,29). The molecule has 3 aromatic carbocycles. The number of benzene rings is 3. The van der Waals surface area contributed by atoms with Crippen molar-refractivity contribution < 1.29 is 19.4 Å². The number of amides is 1. The Labute approximate surface area is 183 Å². The van der Waals surface area contributed by atoms with Crippen LogP contribution in [0.3, 0.4) is 0 Å². The zero-order valence-electron chi connectivity index (χ0n) is 18.0. The second-order valence-corrected chi connectivity index (χ2v) is 7.41. The maximum absolute atomic E-state index is 12.6. The highest BCUT2D eigenvalue weighted by Crippen LogP contribution is 2.25. The van der Waals surface area contributed by atoms with Crippen LogP contribution >= 0.6 is 0 Å². The molecule has 0 aromatic heterocycles. The second kappa shape index (κ2) is 11.2. The van der Waals surface area contributed by atoms with E-state index in [4.69, 9.17) is 9.47 Å². The van der Waals surface area contributed by atoms with Crippen molar-refractivity contribution in [1.29, 1.82) is 0 Å². The summed E-state index contributed by atoms with van der Waals surface area (Å²) in [6.45, 7) is 2.37. The van der Waals surface area contributed by atoms with E-state index in [-0.39, 0.29) is 18.6 Å². The minimum Gasteiger partial charge on any atom is -0.496 e. The monoisotopic (exact) mass is 419 g/mol. The molecule has 1 atom stereocenters. The zero-order valence-corrected chi connectivity index (χ0v) is 18.0. The van der Waals surface area contributed by atoms with E-state index in [0.29, 0.717) is 36.5 Å². The van der Waals surface area contributed by atoms with Gasteiger partial charge >= 0.3 is 0 Å². The summed E-state index contributed by atoms with van der Waals surface area (Å²) in [5, 5.41) is 12.5. The molecule has 1 unspecified atom stereocenters. The highest BCUT2D eigenvalue weighted by atomic mass is 16.5. The molecule has 3 aromatic rings. The van der Waals surface area contributed by atoms with Crippen molar-refractivity contribution in [2.75, 3.05) is 13.7 Å². The molecule has 2 N–H and O–H groups in total. The summed E-state index contributed by atoms with van der Waals surface area (Å²) < 4.78 is 11.0. The number of carbonyl (C=O) groups is 1. The van der Waals surface area contributed by atoms with Crippen LogP contribution in [-0.2, 0) is 11.4 Å². The number of aryl methyl sites for hydroxylation is 1. The minimum absolute atomic E-state index is 0.0220. The number of methoxy groups -OCH3 is 1. The molecule has 0 radical (unpaired) electrons. The van der Waals surface area contributed by atoms with Crippen LogP contribution in [0.15, 0.2) is 72.8 Å². The summed E-state index contributed by atoms with van der Waals surface area (Å²) in [5.74, 6) is 1.21. The SMILES string of the molecule is COc1cc(OCCCC(=O)NC(c2ccccc2)c2ccc(C)cc2)ccc1CO. The number of rotatable bonds is 10. The fraction of sp³-hybridized carbons (Fsp3) is 0.269. The Morgan fingerprint density at radius 3 is 2.39 bits per heavy atom. The highest BCUT2D eigenvalue weighted by Gasteiger charge is 2.16. The van der Waals surface area contributed by atoms with Gasteiger partial charge in [0.25, 0.3) is 0 Å². The van der Waals surface area contributed by atoms with E-state index in [1.165, 1.54) is 5.56 Å². The quantitative estimate of drug-likeness (QED) is 0.473. The first-order chi connectivity index (χ1) is 15.1. The minimum atomic E-state index is -0.189. The Morgan fingerprint density at radius 2 is 1.71 bits per heavy atom. The summed E-state index contributed by atoms with van der Waals surface area (Å²) in [4.78, 5) is 12.6. The van der Waals surface area contributed by atoms with Crippen LogP contribution in [0.4, 0.5) is 0 Å². The molecule has 0 aliphatic heterocycles. The first kappa shape index (κ1) is 22.4. The van der Waals surface area contributed by atoms with Crippen LogP contribution in [0.5, 0.6) is 11.5 Å². The number of nitrogens with one attached hydrogen (secondary N) is 1. The van der Waals surface area contributed by atoms with Gasteiger partial charge < -0.3 is 19.9 Å². The highest BCUT2D eigenvalue weighted by molar-refractivity contribution is 5.77. The van der Waals surface area contributed by atoms with Crippen LogP contribution in [0.2, 0.25) is 0 Å². The second-order valence-electron chi connectivity index (χ2n) is 7.41. The lowest BCUT2D eigenvalue weighted by molar-refractivity contribution is -0.121. The summed E-state index contributed by atoms with van der Waals surface area (Å²) in [6, 6.07) is 23.3. The third-order valence-corrected chi connectivity index (χ3v) is 5.09. The first-order valence-corrected chi connectivity index (χ1v) is 10.4. The van der Waals surface area contributed by atoms with Crippen LogP contribution in [0, 0.1) is 6.92 Å². The Balaban J connectivity index is 1.56. The third kappa shape index (κ3) is 6.33. The van der Waals surface area contributed by atoms with Gasteiger partial charge in [0.05, 0.1) is 26.4 Å². The lowest BCUT2D eigenvalue weighted by Crippen LogP contribution is -2.29. The molecule has 0 aliphatic rings. The lowest BCUT2D eigenvalue weighted by atomic mass is 9.97. The van der Waals surface area contributed by atoms with Gasteiger partial charge in [-0.05, 0) is 36.6 Å². The van der Waals surface area contributed by atoms with Gasteiger partial charge in [-0.25, -0.2) is 0 Å². The van der Waals surface area contributed by atoms with Crippen LogP contribution in [-0.4, -0.2) is 24.7 Å². The van der Waals surface area contributed by atoms with Gasteiger partial charge in [0, 0.05) is 18.1 Å². The molecular weight excluding hydrogens is 390 g/mol. The van der Waals surface area contributed by atoms with Crippen LogP contribution in [0.25, 0.3) is 0 Å². The molecule has 3 rings (SSSR count). The van der Waals surface area contributed by atoms with Crippen molar-refractivity contribution in [3.05, 3.63) is 95.1 Å². The Kier molecular flexibility index (Phi) is 8.07. The van der Waals surface area contributed by atoms with Crippen LogP contribution < -0.4 is 14.8 Å². The Hall–Kier alpha value is -3.31. The molecule has 1 amide bonds. The fourth-order valence-electron chi connectivity index (χ4n) is 3.36. The van der Waals surface area contributed by atoms with Crippen molar-refractivity contribution >= 4 is 5.91 Å². The molecule has 5 nitrogen and oxygen atoms in total. The van der Waals surface area contributed by atoms with Crippen molar-refractivity contribution in [2.24, 2.45) is 0 Å². The molecule has 0 heterocycles. The number of hydrogen-bond acceptors (Lipinski definition) is 4. The van der Waals surface area contributed by atoms with E-state index in [9.17, 15) is 9.90 Å². The molecule has 0 bridgehead atoms. The molecule has 162 valence electrons. The Bertz CT molecular complexity index is 970. The first-order valence-electron chi connectivity index (χ1n) is 10.4. The summed E-state index contributed by atoms with van der Waals surface area (Å²) >= 11 is 0. The van der Waals surface area contributed by atoms with Gasteiger partial charge in [-0.15, -0.1) is 0 Å². The third-order valence-electron chi connectivity index (χ3n) is 5.09. The van der Waals surface area contributed by atoms with Crippen molar-refractivity contribution in [3.8, 4) is 11.5 Å². The van der Waals surface area contributed by atoms with Gasteiger partial charge in [-0.2, -0.15) is 0 Å². The predicted molar refractivity (Wildman–Crippen MR) is 121 cm³/mol. The molecule has 0 saturated heterocycles. The van der Waals surface area contributed by atoms with Gasteiger partial charge in [0.15, 0.2) is 0 Å². The topological polar surface area (TPSA) is 67.8 Å². The number of aliphatic hydroxyl groups is 1. The molecule has 0 spiro atoms. The van der Waals surface area contributed by atoms with Gasteiger partial charge in [0.1, 0.15) is 11.5 Å². The van der Waals surface area contributed by atoms with Crippen LogP contribution in [0.1, 0.15) is 41.1 Å². The fourth-order valence-corrected chi connectivity index (χ4v) is 3.36. The van der Waals surface area contributed by atoms with E-state index in [1.807, 2.05) is 37.3 Å². The normalized spacial score (nSPS) is 11.6. The maximum Gasteiger partial charge on any atom is 0.220 e. The van der Waals surface area contributed by atoms with Crippen molar-refractivity contribution in [1.82, 2.24) is 5.32 Å². The summed E-state index contributed by atoms with van der Waals surface area (Å²) in [7, 11) is 1.56. The molecule has 5 heteroatoms. The zero-order chi connectivity index (χ0) is 22.1. The Morgan fingerprint density at radius 1 is 1.00 bits per heavy atom. The van der Waals surface area contributed by atoms with Gasteiger partial charge in [0.2, 0.25) is 5.91 Å². The average Bonchev–Trinajstić information content (AvgIpc) is 2.81. The van der Waals surface area contributed by atoms with E-state index in [0.717, 1.165) is 11.1 Å². The number of ether oxygens (including phenoxy) is 2. The number of hydrogen-bond donors (Lipinski definition) is 2. The number of aliphatic hydroxyl groups excluding tert-OH is 1. The predicted octanol–water partition coefficient (Wildman–Crippen LogP) is 4.56. The summed E-state index contributed by atoms with van der Waals surface area (Å²) in [5.41, 5.74) is 3.99. The largest absolute Gasteiger partial charge is 0.496 e. The van der Waals surface area contributed by atoms with Crippen molar-refractivity contribution in [3.63, 3.8) is 0 Å². The summed E-state index contributed by atoms with van der Waals surface area (Å²) in [6.07, 6.45) is 0.951. The molecule has 0 saturated carbocycles. The van der Waals surface area contributed by atoms with E-state index < -0.39 is 0 Å². The molecule has 31 heavy (non-hydrogen) atoms. The van der Waals surface area contributed by atoms with Gasteiger partial charge in [-0.3, -0.25) is 4.79 Å². The van der Waals surface area contributed by atoms with E-state index in [2.05, 4.69) is 29.6 Å². The van der Waals surface area contributed by atoms with E-state index >= 15 is 0 Å². The lowest BCUT2D eigenvalue weighted by Gasteiger charge is -2.20. The molecular formula is C26H29NO4. The smallest absolute Gasteiger partial charge is 0.220 e. The molecule has 0 fully saturated rings. The number of carbonyl (C=O) groups excluding carboxylic acids is 1. The van der Waals surface area contributed by atoms with Gasteiger partial charge in [-0.1, -0.05) is 60.2 Å². The average molecular weight is 420 g/mol. The molecule has 0 aliphatic carbocycles. The van der Waals surface area contributed by atoms with E-state index in [1.54, 1.807) is 25.3 Å².